The Kier molecular flexibility index (Phi) is 4.12. The molecule has 1 heterocycles. The molecule has 3 N–H and O–H groups in total. The second kappa shape index (κ2) is 5.39. The van der Waals surface area contributed by atoms with Crippen LogP contribution in [0.2, 0.25) is 0 Å². The van der Waals surface area contributed by atoms with E-state index >= 15 is 0 Å². The lowest BCUT2D eigenvalue weighted by Crippen LogP contribution is -2.44. The lowest BCUT2D eigenvalue weighted by molar-refractivity contribution is 0.293. The van der Waals surface area contributed by atoms with Crippen molar-refractivity contribution in [3.8, 4) is 0 Å². The van der Waals surface area contributed by atoms with E-state index < -0.39 is 0 Å². The van der Waals surface area contributed by atoms with E-state index in [0.29, 0.717) is 5.70 Å². The molecular formula is C9H16N4O. The molecule has 1 saturated heterocycles. The number of ether oxygens (including phenoxy) is 1. The van der Waals surface area contributed by atoms with Gasteiger partial charge in [0.25, 0.3) is 0 Å². The lowest BCUT2D eigenvalue weighted by atomic mass is 10.3. The smallest absolute Gasteiger partial charge is 0.229 e. The fraction of sp³-hybridized carbons (Fsp3) is 0.556. The van der Waals surface area contributed by atoms with Crippen LogP contribution >= 0.6 is 0 Å². The van der Waals surface area contributed by atoms with E-state index in [1.807, 2.05) is 4.90 Å². The highest BCUT2D eigenvalue weighted by Crippen LogP contribution is 2.07. The first-order chi connectivity index (χ1) is 6.79. The third kappa shape index (κ3) is 2.56. The van der Waals surface area contributed by atoms with Crippen molar-refractivity contribution in [1.29, 1.82) is 10.8 Å². The molecule has 0 bridgehead atoms. The minimum absolute atomic E-state index is 0.121. The van der Waals surface area contributed by atoms with Gasteiger partial charge in [0, 0.05) is 32.4 Å². The number of methoxy groups -OCH3 is 1. The van der Waals surface area contributed by atoms with Crippen molar-refractivity contribution in [2.45, 2.75) is 0 Å². The highest BCUT2D eigenvalue weighted by Gasteiger charge is 2.16. The number of hydrogen-bond donors (Lipinski definition) is 3. The Balaban J connectivity index is 2.70. The molecule has 0 aromatic carbocycles. The van der Waals surface area contributed by atoms with Gasteiger partial charge in [0.1, 0.15) is 5.70 Å². The molecule has 0 amide bonds. The maximum absolute atomic E-state index is 7.58. The number of allylic oxidation sites excluding steroid dienone is 1. The van der Waals surface area contributed by atoms with Gasteiger partial charge in [-0.25, -0.2) is 0 Å². The van der Waals surface area contributed by atoms with Crippen LogP contribution in [0.3, 0.4) is 0 Å². The molecule has 0 radical (unpaired) electrons. The third-order valence-corrected chi connectivity index (χ3v) is 2.14. The van der Waals surface area contributed by atoms with Gasteiger partial charge in [0.2, 0.25) is 5.90 Å². The monoisotopic (exact) mass is 196 g/mol. The van der Waals surface area contributed by atoms with Crippen LogP contribution in [0.25, 0.3) is 0 Å². The van der Waals surface area contributed by atoms with Crippen LogP contribution in [-0.4, -0.2) is 50.3 Å². The minimum atomic E-state index is 0.121. The Hall–Kier alpha value is -1.36. The Morgan fingerprint density at radius 2 is 2.07 bits per heavy atom. The molecule has 0 saturated carbocycles. The maximum atomic E-state index is 7.58. The van der Waals surface area contributed by atoms with Gasteiger partial charge in [-0.1, -0.05) is 0 Å². The topological polar surface area (TPSA) is 72.2 Å². The highest BCUT2D eigenvalue weighted by atomic mass is 16.5. The van der Waals surface area contributed by atoms with E-state index in [-0.39, 0.29) is 5.90 Å². The van der Waals surface area contributed by atoms with Crippen LogP contribution in [0.5, 0.6) is 0 Å². The fourth-order valence-electron chi connectivity index (χ4n) is 1.41. The second-order valence-corrected chi connectivity index (χ2v) is 2.99. The van der Waals surface area contributed by atoms with E-state index in [9.17, 15) is 0 Å². The molecule has 5 heteroatoms. The molecule has 1 aliphatic rings. The zero-order valence-corrected chi connectivity index (χ0v) is 8.34. The van der Waals surface area contributed by atoms with Crippen molar-refractivity contribution in [2.75, 3.05) is 33.3 Å². The summed E-state index contributed by atoms with van der Waals surface area (Å²) in [7, 11) is 1.47. The molecule has 0 atom stereocenters. The molecule has 1 fully saturated rings. The molecule has 1 aliphatic heterocycles. The highest BCUT2D eigenvalue weighted by molar-refractivity contribution is 5.94. The summed E-state index contributed by atoms with van der Waals surface area (Å²) in [5, 5.41) is 17.8. The first kappa shape index (κ1) is 10.7. The standard InChI is InChI=1S/C9H16N4O/c1-14-9(11)8(2-3-10)13-6-4-12-5-7-13/h2-3,10-12H,4-7H2,1H3/b8-2+,10-3?,11-9?. The largest absolute Gasteiger partial charge is 0.480 e. The quantitative estimate of drug-likeness (QED) is 0.441. The molecule has 0 unspecified atom stereocenters. The summed E-state index contributed by atoms with van der Waals surface area (Å²) in [6, 6.07) is 0. The molecular weight excluding hydrogens is 180 g/mol. The summed E-state index contributed by atoms with van der Waals surface area (Å²) >= 11 is 0. The van der Waals surface area contributed by atoms with E-state index in [4.69, 9.17) is 15.6 Å². The Labute approximate surface area is 83.8 Å². The van der Waals surface area contributed by atoms with Gasteiger partial charge in [-0.3, -0.25) is 5.41 Å². The zero-order valence-electron chi connectivity index (χ0n) is 8.34. The van der Waals surface area contributed by atoms with E-state index in [1.165, 1.54) is 13.3 Å². The SMILES string of the molecule is COC(=N)/C(=C\C=N)N1CCNCC1. The van der Waals surface area contributed by atoms with Gasteiger partial charge in [-0.2, -0.15) is 0 Å². The van der Waals surface area contributed by atoms with Crippen LogP contribution in [0, 0.1) is 10.8 Å². The zero-order chi connectivity index (χ0) is 10.4. The van der Waals surface area contributed by atoms with Gasteiger partial charge in [-0.05, 0) is 6.08 Å². The van der Waals surface area contributed by atoms with E-state index in [0.717, 1.165) is 26.2 Å². The van der Waals surface area contributed by atoms with Crippen molar-refractivity contribution in [1.82, 2.24) is 10.2 Å². The molecule has 78 valence electrons. The summed E-state index contributed by atoms with van der Waals surface area (Å²) in [6.07, 6.45) is 2.78. The normalized spacial score (nSPS) is 17.8. The summed E-state index contributed by atoms with van der Waals surface area (Å²) in [6.45, 7) is 3.52. The maximum Gasteiger partial charge on any atom is 0.229 e. The van der Waals surface area contributed by atoms with Crippen molar-refractivity contribution >= 4 is 12.1 Å². The lowest BCUT2D eigenvalue weighted by Gasteiger charge is -2.30. The van der Waals surface area contributed by atoms with Gasteiger partial charge >= 0.3 is 0 Å². The van der Waals surface area contributed by atoms with Crippen LogP contribution in [-0.2, 0) is 4.74 Å². The van der Waals surface area contributed by atoms with Crippen LogP contribution in [0.4, 0.5) is 0 Å². The fourth-order valence-corrected chi connectivity index (χ4v) is 1.41. The molecule has 5 nitrogen and oxygen atoms in total. The molecule has 1 rings (SSSR count). The number of hydrogen-bond acceptors (Lipinski definition) is 5. The van der Waals surface area contributed by atoms with Gasteiger partial charge in [0.15, 0.2) is 0 Å². The van der Waals surface area contributed by atoms with E-state index in [2.05, 4.69) is 5.32 Å². The second-order valence-electron chi connectivity index (χ2n) is 2.99. The number of rotatable bonds is 3. The van der Waals surface area contributed by atoms with Crippen LogP contribution in [0.15, 0.2) is 11.8 Å². The van der Waals surface area contributed by atoms with Crippen molar-refractivity contribution < 1.29 is 4.74 Å². The molecule has 14 heavy (non-hydrogen) atoms. The summed E-state index contributed by atoms with van der Waals surface area (Å²) in [5.41, 5.74) is 0.684. The number of nitrogens with one attached hydrogen (secondary N) is 3. The average molecular weight is 196 g/mol. The summed E-state index contributed by atoms with van der Waals surface area (Å²) < 4.78 is 4.87. The van der Waals surface area contributed by atoms with Crippen LogP contribution < -0.4 is 5.32 Å². The first-order valence-electron chi connectivity index (χ1n) is 4.59. The van der Waals surface area contributed by atoms with Crippen LogP contribution in [0.1, 0.15) is 0 Å². The summed E-state index contributed by atoms with van der Waals surface area (Å²) in [4.78, 5) is 2.05. The van der Waals surface area contributed by atoms with Gasteiger partial charge < -0.3 is 20.4 Å². The Morgan fingerprint density at radius 3 is 2.57 bits per heavy atom. The number of piperazine rings is 1. The minimum Gasteiger partial charge on any atom is -0.480 e. The summed E-state index contributed by atoms with van der Waals surface area (Å²) in [5.74, 6) is 0.121. The van der Waals surface area contributed by atoms with Crippen molar-refractivity contribution in [3.63, 3.8) is 0 Å². The van der Waals surface area contributed by atoms with Gasteiger partial charge in [-0.15, -0.1) is 0 Å². The molecule has 0 aromatic rings. The molecule has 0 aliphatic carbocycles. The average Bonchev–Trinajstić information content (AvgIpc) is 2.26. The van der Waals surface area contributed by atoms with E-state index in [1.54, 1.807) is 6.08 Å². The molecule has 0 spiro atoms. The predicted octanol–water partition coefficient (Wildman–Crippen LogP) is 0.0487. The Bertz CT molecular complexity index is 243. The first-order valence-corrected chi connectivity index (χ1v) is 4.59. The van der Waals surface area contributed by atoms with Crippen molar-refractivity contribution in [3.05, 3.63) is 11.8 Å². The molecule has 0 aromatic heterocycles. The third-order valence-electron chi connectivity index (χ3n) is 2.14. The number of nitrogens with zero attached hydrogens (tertiary/aromatic N) is 1. The van der Waals surface area contributed by atoms with Gasteiger partial charge in [0.05, 0.1) is 7.11 Å². The van der Waals surface area contributed by atoms with Crippen molar-refractivity contribution in [2.24, 2.45) is 0 Å². The Morgan fingerprint density at radius 1 is 1.43 bits per heavy atom. The predicted molar refractivity (Wildman–Crippen MR) is 56.0 cm³/mol.